The average Bonchev–Trinajstić information content (AvgIpc) is 2.94. The summed E-state index contributed by atoms with van der Waals surface area (Å²) in [4.78, 5) is 2.74. The van der Waals surface area contributed by atoms with Crippen LogP contribution in [0.2, 0.25) is 0 Å². The molecular weight excluding hydrogens is 222 g/mol. The van der Waals surface area contributed by atoms with Crippen molar-refractivity contribution in [3.05, 3.63) is 0 Å². The zero-order chi connectivity index (χ0) is 12.6. The van der Waals surface area contributed by atoms with E-state index >= 15 is 0 Å². The predicted octanol–water partition coefficient (Wildman–Crippen LogP) is 3.46. The molecule has 4 atom stereocenters. The van der Waals surface area contributed by atoms with Gasteiger partial charge in [-0.25, -0.2) is 0 Å². The Labute approximate surface area is 112 Å². The minimum Gasteiger partial charge on any atom is -0.377 e. The van der Waals surface area contributed by atoms with Crippen LogP contribution in [0.25, 0.3) is 0 Å². The highest BCUT2D eigenvalue weighted by Gasteiger charge is 2.60. The largest absolute Gasteiger partial charge is 0.377 e. The van der Waals surface area contributed by atoms with E-state index in [2.05, 4.69) is 18.7 Å². The smallest absolute Gasteiger partial charge is 0.0747 e. The van der Waals surface area contributed by atoms with Gasteiger partial charge in [-0.05, 0) is 45.1 Å². The van der Waals surface area contributed by atoms with Crippen molar-refractivity contribution in [3.63, 3.8) is 0 Å². The number of unbranched alkanes of at least 4 members (excludes halogenated alkanes) is 3. The average molecular weight is 251 g/mol. The van der Waals surface area contributed by atoms with Crippen LogP contribution in [-0.2, 0) is 4.74 Å². The molecule has 104 valence electrons. The molecule has 2 nitrogen and oxygen atoms in total. The lowest BCUT2D eigenvalue weighted by atomic mass is 9.84. The number of rotatable bonds is 6. The summed E-state index contributed by atoms with van der Waals surface area (Å²) in [5.74, 6) is 1.80. The summed E-state index contributed by atoms with van der Waals surface area (Å²) in [6.45, 7) is 8.32. The van der Waals surface area contributed by atoms with Crippen LogP contribution < -0.4 is 0 Å². The van der Waals surface area contributed by atoms with E-state index in [-0.39, 0.29) is 0 Å². The predicted molar refractivity (Wildman–Crippen MR) is 74.7 cm³/mol. The molecule has 3 rings (SSSR count). The molecule has 0 bridgehead atoms. The van der Waals surface area contributed by atoms with Gasteiger partial charge >= 0.3 is 0 Å². The number of ether oxygens (including phenoxy) is 1. The maximum absolute atomic E-state index is 6.24. The van der Waals surface area contributed by atoms with Gasteiger partial charge < -0.3 is 4.74 Å². The van der Waals surface area contributed by atoms with Crippen molar-refractivity contribution in [1.29, 1.82) is 0 Å². The Bertz CT molecular complexity index is 293. The van der Waals surface area contributed by atoms with E-state index in [4.69, 9.17) is 4.74 Å². The van der Waals surface area contributed by atoms with Crippen LogP contribution >= 0.6 is 0 Å². The Morgan fingerprint density at radius 1 is 1.17 bits per heavy atom. The summed E-state index contributed by atoms with van der Waals surface area (Å²) in [5.41, 5.74) is 0.508. The third-order valence-corrected chi connectivity index (χ3v) is 6.01. The summed E-state index contributed by atoms with van der Waals surface area (Å²) in [7, 11) is 0. The van der Waals surface area contributed by atoms with Gasteiger partial charge in [-0.2, -0.15) is 0 Å². The van der Waals surface area contributed by atoms with Crippen LogP contribution in [0.15, 0.2) is 0 Å². The summed E-state index contributed by atoms with van der Waals surface area (Å²) in [5, 5.41) is 0. The molecule has 0 aromatic rings. The SMILES string of the molecule is CCCCCCO[C@@H]1CN2CC[C@@H]3CC[C@H]1[C@@]32C. The van der Waals surface area contributed by atoms with Gasteiger partial charge in [0.1, 0.15) is 0 Å². The van der Waals surface area contributed by atoms with Crippen molar-refractivity contribution in [2.75, 3.05) is 19.7 Å². The molecule has 1 saturated carbocycles. The van der Waals surface area contributed by atoms with Crippen molar-refractivity contribution < 1.29 is 4.74 Å². The Kier molecular flexibility index (Phi) is 3.68. The number of hydrogen-bond acceptors (Lipinski definition) is 2. The lowest BCUT2D eigenvalue weighted by Gasteiger charge is -2.32. The summed E-state index contributed by atoms with van der Waals surface area (Å²) < 4.78 is 6.24. The van der Waals surface area contributed by atoms with Crippen molar-refractivity contribution in [3.8, 4) is 0 Å². The summed E-state index contributed by atoms with van der Waals surface area (Å²) in [6, 6.07) is 0. The Morgan fingerprint density at radius 3 is 2.89 bits per heavy atom. The Morgan fingerprint density at radius 2 is 2.06 bits per heavy atom. The van der Waals surface area contributed by atoms with Crippen LogP contribution in [0, 0.1) is 11.8 Å². The molecule has 2 saturated heterocycles. The lowest BCUT2D eigenvalue weighted by Crippen LogP contribution is -2.41. The fourth-order valence-electron chi connectivity index (χ4n) is 4.88. The second-order valence-electron chi connectivity index (χ2n) is 6.81. The molecule has 2 aliphatic heterocycles. The molecule has 1 aliphatic carbocycles. The third-order valence-electron chi connectivity index (χ3n) is 6.01. The first-order valence-electron chi connectivity index (χ1n) is 8.13. The van der Waals surface area contributed by atoms with Gasteiger partial charge in [-0.15, -0.1) is 0 Å². The highest BCUT2D eigenvalue weighted by atomic mass is 16.5. The molecule has 2 heterocycles. The molecule has 2 heteroatoms. The number of hydrogen-bond donors (Lipinski definition) is 0. The zero-order valence-electron chi connectivity index (χ0n) is 12.2. The summed E-state index contributed by atoms with van der Waals surface area (Å²) in [6.07, 6.45) is 10.1. The van der Waals surface area contributed by atoms with E-state index in [9.17, 15) is 0 Å². The molecule has 0 N–H and O–H groups in total. The fourth-order valence-corrected chi connectivity index (χ4v) is 4.88. The fraction of sp³-hybridized carbons (Fsp3) is 1.00. The van der Waals surface area contributed by atoms with Crippen LogP contribution in [-0.4, -0.2) is 36.2 Å². The zero-order valence-corrected chi connectivity index (χ0v) is 12.2. The standard InChI is InChI=1S/C16H29NO/c1-3-4-5-6-11-18-15-12-17-10-9-13-7-8-14(15)16(13,17)2/h13-15H,3-12H2,1-2H3/t13-,14+,15+,16+/m0/s1. The van der Waals surface area contributed by atoms with Crippen molar-refractivity contribution in [1.82, 2.24) is 4.90 Å². The molecule has 3 fully saturated rings. The van der Waals surface area contributed by atoms with Gasteiger partial charge in [-0.1, -0.05) is 26.2 Å². The molecule has 0 radical (unpaired) electrons. The molecule has 18 heavy (non-hydrogen) atoms. The molecular formula is C16H29NO. The highest BCUT2D eigenvalue weighted by Crippen LogP contribution is 2.56. The second kappa shape index (κ2) is 5.13. The van der Waals surface area contributed by atoms with Crippen LogP contribution in [0.3, 0.4) is 0 Å². The van der Waals surface area contributed by atoms with E-state index < -0.39 is 0 Å². The third kappa shape index (κ3) is 1.92. The number of nitrogens with zero attached hydrogens (tertiary/aromatic N) is 1. The van der Waals surface area contributed by atoms with E-state index in [1.54, 1.807) is 0 Å². The first-order chi connectivity index (χ1) is 8.76. The van der Waals surface area contributed by atoms with Gasteiger partial charge in [0.05, 0.1) is 6.10 Å². The molecule has 0 spiro atoms. The minimum absolute atomic E-state index is 0.508. The molecule has 3 aliphatic rings. The Hall–Kier alpha value is -0.0800. The molecule has 0 amide bonds. The van der Waals surface area contributed by atoms with Crippen molar-refractivity contribution in [2.24, 2.45) is 11.8 Å². The van der Waals surface area contributed by atoms with E-state index in [0.29, 0.717) is 11.6 Å². The van der Waals surface area contributed by atoms with Crippen molar-refractivity contribution >= 4 is 0 Å². The van der Waals surface area contributed by atoms with E-state index in [1.807, 2.05) is 0 Å². The topological polar surface area (TPSA) is 12.5 Å². The van der Waals surface area contributed by atoms with Gasteiger partial charge in [0.25, 0.3) is 0 Å². The maximum Gasteiger partial charge on any atom is 0.0747 e. The molecule has 0 aromatic carbocycles. The normalized spacial score (nSPS) is 42.7. The molecule has 0 unspecified atom stereocenters. The first-order valence-corrected chi connectivity index (χ1v) is 8.13. The van der Waals surface area contributed by atoms with E-state index in [0.717, 1.165) is 18.4 Å². The van der Waals surface area contributed by atoms with Gasteiger partial charge in [0.2, 0.25) is 0 Å². The first kappa shape index (κ1) is 12.9. The second-order valence-corrected chi connectivity index (χ2v) is 6.81. The van der Waals surface area contributed by atoms with Crippen LogP contribution in [0.4, 0.5) is 0 Å². The quantitative estimate of drug-likeness (QED) is 0.670. The van der Waals surface area contributed by atoms with Crippen molar-refractivity contribution in [2.45, 2.75) is 70.4 Å². The molecule has 0 aromatic heterocycles. The minimum atomic E-state index is 0.508. The monoisotopic (exact) mass is 251 g/mol. The van der Waals surface area contributed by atoms with Crippen LogP contribution in [0.5, 0.6) is 0 Å². The summed E-state index contributed by atoms with van der Waals surface area (Å²) >= 11 is 0. The van der Waals surface area contributed by atoms with E-state index in [1.165, 1.54) is 58.0 Å². The maximum atomic E-state index is 6.24. The highest BCUT2D eigenvalue weighted by molar-refractivity contribution is 5.14. The van der Waals surface area contributed by atoms with Crippen LogP contribution in [0.1, 0.15) is 58.8 Å². The van der Waals surface area contributed by atoms with Gasteiger partial charge in [-0.3, -0.25) is 4.90 Å². The van der Waals surface area contributed by atoms with Gasteiger partial charge in [0.15, 0.2) is 0 Å². The Balaban J connectivity index is 1.51. The lowest BCUT2D eigenvalue weighted by molar-refractivity contribution is 0.0262. The van der Waals surface area contributed by atoms with Gasteiger partial charge in [0, 0.05) is 24.6 Å².